The third-order valence-corrected chi connectivity index (χ3v) is 3.04. The highest BCUT2D eigenvalue weighted by Gasteiger charge is 2.47. The van der Waals surface area contributed by atoms with Gasteiger partial charge in [0, 0.05) is 6.04 Å². The highest BCUT2D eigenvalue weighted by Crippen LogP contribution is 2.41. The van der Waals surface area contributed by atoms with E-state index in [1.54, 1.807) is 6.08 Å². The fourth-order valence-electron chi connectivity index (χ4n) is 2.22. The summed E-state index contributed by atoms with van der Waals surface area (Å²) in [6.45, 7) is 5.92. The van der Waals surface area contributed by atoms with Crippen molar-refractivity contribution in [2.75, 3.05) is 6.61 Å². The van der Waals surface area contributed by atoms with Gasteiger partial charge in [0.2, 0.25) is 0 Å². The molecule has 0 aromatic rings. The van der Waals surface area contributed by atoms with Gasteiger partial charge in [-0.05, 0) is 26.2 Å². The highest BCUT2D eigenvalue weighted by atomic mass is 16.5. The van der Waals surface area contributed by atoms with Crippen LogP contribution in [0.4, 0.5) is 0 Å². The molecule has 0 spiro atoms. The van der Waals surface area contributed by atoms with Crippen molar-refractivity contribution in [3.63, 3.8) is 0 Å². The zero-order valence-corrected chi connectivity index (χ0v) is 8.79. The quantitative estimate of drug-likeness (QED) is 0.550. The average molecular weight is 197 g/mol. The molecule has 0 aromatic heterocycles. The Morgan fingerprint density at radius 3 is 2.93 bits per heavy atom. The Hall–Kier alpha value is -0.830. The van der Waals surface area contributed by atoms with Crippen LogP contribution in [0.25, 0.3) is 0 Å². The van der Waals surface area contributed by atoms with Crippen LogP contribution in [-0.4, -0.2) is 18.6 Å². The lowest BCUT2D eigenvalue weighted by atomic mass is 9.79. The maximum atomic E-state index is 11.8. The van der Waals surface area contributed by atoms with Gasteiger partial charge in [-0.3, -0.25) is 4.79 Å². The smallest absolute Gasteiger partial charge is 0.313 e. The second-order valence-electron chi connectivity index (χ2n) is 3.87. The van der Waals surface area contributed by atoms with E-state index in [0.717, 1.165) is 19.3 Å². The molecule has 2 N–H and O–H groups in total. The zero-order chi connectivity index (χ0) is 10.6. The summed E-state index contributed by atoms with van der Waals surface area (Å²) in [7, 11) is 0. The molecule has 1 aliphatic rings. The van der Waals surface area contributed by atoms with E-state index in [1.165, 1.54) is 0 Å². The molecule has 80 valence electrons. The molecule has 0 radical (unpaired) electrons. The van der Waals surface area contributed by atoms with Crippen molar-refractivity contribution in [1.29, 1.82) is 0 Å². The molecular weight excluding hydrogens is 178 g/mol. The third kappa shape index (κ3) is 1.82. The Bertz CT molecular complexity index is 227. The number of rotatable bonds is 4. The fraction of sp³-hybridized carbons (Fsp3) is 0.727. The first-order chi connectivity index (χ1) is 6.67. The van der Waals surface area contributed by atoms with E-state index < -0.39 is 5.41 Å². The van der Waals surface area contributed by atoms with Crippen LogP contribution >= 0.6 is 0 Å². The van der Waals surface area contributed by atoms with Crippen LogP contribution in [0.15, 0.2) is 12.7 Å². The third-order valence-electron chi connectivity index (χ3n) is 3.04. The van der Waals surface area contributed by atoms with Gasteiger partial charge in [0.15, 0.2) is 0 Å². The molecule has 0 unspecified atom stereocenters. The van der Waals surface area contributed by atoms with E-state index >= 15 is 0 Å². The van der Waals surface area contributed by atoms with Crippen LogP contribution < -0.4 is 5.73 Å². The van der Waals surface area contributed by atoms with Crippen molar-refractivity contribution < 1.29 is 9.53 Å². The van der Waals surface area contributed by atoms with Crippen LogP contribution in [0.1, 0.15) is 32.6 Å². The lowest BCUT2D eigenvalue weighted by molar-refractivity contribution is -0.155. The molecular formula is C11H19NO2. The van der Waals surface area contributed by atoms with Crippen molar-refractivity contribution in [1.82, 2.24) is 0 Å². The highest BCUT2D eigenvalue weighted by molar-refractivity contribution is 5.78. The molecule has 3 nitrogen and oxygen atoms in total. The lowest BCUT2D eigenvalue weighted by Gasteiger charge is -2.29. The largest absolute Gasteiger partial charge is 0.466 e. The number of esters is 1. The van der Waals surface area contributed by atoms with Crippen molar-refractivity contribution >= 4 is 5.97 Å². The number of hydrogen-bond donors (Lipinski definition) is 1. The summed E-state index contributed by atoms with van der Waals surface area (Å²) in [6, 6.07) is -0.0699. The first-order valence-corrected chi connectivity index (χ1v) is 5.21. The topological polar surface area (TPSA) is 52.3 Å². The van der Waals surface area contributed by atoms with Gasteiger partial charge < -0.3 is 10.5 Å². The maximum absolute atomic E-state index is 11.8. The monoisotopic (exact) mass is 197 g/mol. The van der Waals surface area contributed by atoms with Crippen molar-refractivity contribution in [3.8, 4) is 0 Å². The van der Waals surface area contributed by atoms with Gasteiger partial charge in [0.1, 0.15) is 0 Å². The summed E-state index contributed by atoms with van der Waals surface area (Å²) in [6.07, 6.45) is 5.15. The molecule has 1 saturated carbocycles. The van der Waals surface area contributed by atoms with Gasteiger partial charge in [-0.25, -0.2) is 0 Å². The van der Waals surface area contributed by atoms with Crippen LogP contribution in [0.3, 0.4) is 0 Å². The van der Waals surface area contributed by atoms with E-state index in [4.69, 9.17) is 10.5 Å². The SMILES string of the molecule is C=CC[C@@]1(C(=O)OCC)CCC[C@@H]1N. The Morgan fingerprint density at radius 2 is 2.50 bits per heavy atom. The Balaban J connectivity index is 2.80. The summed E-state index contributed by atoms with van der Waals surface area (Å²) < 4.78 is 5.09. The van der Waals surface area contributed by atoms with Gasteiger partial charge in [0.05, 0.1) is 12.0 Å². The number of carbonyl (C=O) groups is 1. The van der Waals surface area contributed by atoms with Crippen LogP contribution in [0, 0.1) is 5.41 Å². The minimum atomic E-state index is -0.488. The molecule has 0 heterocycles. The van der Waals surface area contributed by atoms with E-state index in [2.05, 4.69) is 6.58 Å². The second kappa shape index (κ2) is 4.60. The normalized spacial score (nSPS) is 31.4. The fourth-order valence-corrected chi connectivity index (χ4v) is 2.22. The number of ether oxygens (including phenoxy) is 1. The second-order valence-corrected chi connectivity index (χ2v) is 3.87. The van der Waals surface area contributed by atoms with Crippen molar-refractivity contribution in [2.24, 2.45) is 11.1 Å². The van der Waals surface area contributed by atoms with E-state index in [9.17, 15) is 4.79 Å². The number of carbonyl (C=O) groups excluding carboxylic acids is 1. The minimum Gasteiger partial charge on any atom is -0.466 e. The van der Waals surface area contributed by atoms with E-state index in [0.29, 0.717) is 13.0 Å². The first kappa shape index (κ1) is 11.2. The summed E-state index contributed by atoms with van der Waals surface area (Å²) >= 11 is 0. The molecule has 14 heavy (non-hydrogen) atoms. The molecule has 0 aliphatic heterocycles. The van der Waals surface area contributed by atoms with Gasteiger partial charge in [-0.1, -0.05) is 12.5 Å². The molecule has 0 bridgehead atoms. The first-order valence-electron chi connectivity index (χ1n) is 5.21. The van der Waals surface area contributed by atoms with Gasteiger partial charge in [-0.2, -0.15) is 0 Å². The van der Waals surface area contributed by atoms with Crippen molar-refractivity contribution in [2.45, 2.75) is 38.6 Å². The maximum Gasteiger partial charge on any atom is 0.313 e. The minimum absolute atomic E-state index is 0.0699. The Labute approximate surface area is 85.3 Å². The molecule has 0 aromatic carbocycles. The van der Waals surface area contributed by atoms with Crippen LogP contribution in [0.2, 0.25) is 0 Å². The van der Waals surface area contributed by atoms with Crippen LogP contribution in [0.5, 0.6) is 0 Å². The number of nitrogens with two attached hydrogens (primary N) is 1. The molecule has 3 heteroatoms. The predicted octanol–water partition coefficient (Wildman–Crippen LogP) is 1.62. The predicted molar refractivity (Wildman–Crippen MR) is 55.7 cm³/mol. The Morgan fingerprint density at radius 1 is 1.79 bits per heavy atom. The average Bonchev–Trinajstić information content (AvgIpc) is 2.50. The van der Waals surface area contributed by atoms with E-state index in [-0.39, 0.29) is 12.0 Å². The molecule has 0 saturated heterocycles. The van der Waals surface area contributed by atoms with Gasteiger partial charge in [0.25, 0.3) is 0 Å². The lowest BCUT2D eigenvalue weighted by Crippen LogP contribution is -2.44. The summed E-state index contributed by atoms with van der Waals surface area (Å²) in [4.78, 5) is 11.8. The van der Waals surface area contributed by atoms with Gasteiger partial charge in [-0.15, -0.1) is 6.58 Å². The number of allylic oxidation sites excluding steroid dienone is 1. The Kier molecular flexibility index (Phi) is 3.69. The molecule has 1 fully saturated rings. The summed E-state index contributed by atoms with van der Waals surface area (Å²) in [5.41, 5.74) is 5.49. The molecule has 2 atom stereocenters. The number of hydrogen-bond acceptors (Lipinski definition) is 3. The standard InChI is InChI=1S/C11H19NO2/c1-3-7-11(10(13)14-4-2)8-5-6-9(11)12/h3,9H,1,4-8,12H2,2H3/t9-,11+/m0/s1. The molecule has 0 amide bonds. The van der Waals surface area contributed by atoms with Gasteiger partial charge >= 0.3 is 5.97 Å². The molecule has 1 rings (SSSR count). The molecule has 1 aliphatic carbocycles. The van der Waals surface area contributed by atoms with E-state index in [1.807, 2.05) is 6.92 Å². The van der Waals surface area contributed by atoms with Crippen molar-refractivity contribution in [3.05, 3.63) is 12.7 Å². The summed E-state index contributed by atoms with van der Waals surface area (Å²) in [5.74, 6) is -0.148. The summed E-state index contributed by atoms with van der Waals surface area (Å²) in [5, 5.41) is 0. The van der Waals surface area contributed by atoms with Crippen LogP contribution in [-0.2, 0) is 9.53 Å². The zero-order valence-electron chi connectivity index (χ0n) is 8.79.